The van der Waals surface area contributed by atoms with Gasteiger partial charge in [-0.3, -0.25) is 9.97 Å². The van der Waals surface area contributed by atoms with Gasteiger partial charge in [0.1, 0.15) is 0 Å². The van der Waals surface area contributed by atoms with Crippen molar-refractivity contribution in [3.05, 3.63) is 138 Å². The molecule has 2 heterocycles. The zero-order valence-corrected chi connectivity index (χ0v) is 25.2. The Bertz CT molecular complexity index is 1450. The Morgan fingerprint density at radius 1 is 0.585 bits per heavy atom. The van der Waals surface area contributed by atoms with Crippen LogP contribution in [0.15, 0.2) is 127 Å². The molecular weight excluding hydrogens is 567 g/mol. The molecule has 41 heavy (non-hydrogen) atoms. The maximum absolute atomic E-state index is 6.16. The van der Waals surface area contributed by atoms with Crippen LogP contribution in [0.3, 0.4) is 0 Å². The predicted octanol–water partition coefficient (Wildman–Crippen LogP) is 8.36. The van der Waals surface area contributed by atoms with Crippen molar-refractivity contribution in [3.63, 3.8) is 0 Å². The molecule has 210 valence electrons. The first kappa shape index (κ1) is 30.8. The summed E-state index contributed by atoms with van der Waals surface area (Å²) in [6.45, 7) is 3.36. The van der Waals surface area contributed by atoms with Crippen molar-refractivity contribution >= 4 is 35.0 Å². The lowest BCUT2D eigenvalue weighted by Crippen LogP contribution is -2.16. The smallest absolute Gasteiger partial charge is 0.0541 e. The van der Waals surface area contributed by atoms with Gasteiger partial charge in [0.05, 0.1) is 5.02 Å². The van der Waals surface area contributed by atoms with Crippen molar-refractivity contribution in [1.29, 1.82) is 0 Å². The maximum Gasteiger partial charge on any atom is 0.0541 e. The van der Waals surface area contributed by atoms with Gasteiger partial charge in [-0.2, -0.15) is 0 Å². The summed E-state index contributed by atoms with van der Waals surface area (Å²) in [5.41, 5.74) is 7.06. The third-order valence-electron chi connectivity index (χ3n) is 6.11. The van der Waals surface area contributed by atoms with E-state index >= 15 is 0 Å². The number of hydrogen-bond acceptors (Lipinski definition) is 5. The standard InChI is InChI=1S/C20H19ClN2S.C14H15ClN2/c21-19-8-4-5-9-20(19)24-11-10-22-13-16-12-18(15-23-14-16)17-6-2-1-3-7-17;15-6-7-16-9-12-8-14(11-17-10-12)13-4-2-1-3-5-13/h1-9,12,14-15,22H,10-11,13H2;1-5,8,10-11,16H,6-7,9H2. The maximum atomic E-state index is 6.16. The molecule has 3 aromatic carbocycles. The molecule has 0 bridgehead atoms. The van der Waals surface area contributed by atoms with E-state index in [9.17, 15) is 0 Å². The van der Waals surface area contributed by atoms with E-state index in [4.69, 9.17) is 23.2 Å². The third kappa shape index (κ3) is 10.6. The molecule has 0 amide bonds. The average molecular weight is 602 g/mol. The number of benzene rings is 3. The van der Waals surface area contributed by atoms with E-state index in [1.807, 2.05) is 79.4 Å². The Morgan fingerprint density at radius 3 is 1.63 bits per heavy atom. The second-order valence-corrected chi connectivity index (χ2v) is 11.1. The van der Waals surface area contributed by atoms with Crippen molar-refractivity contribution in [1.82, 2.24) is 20.6 Å². The highest BCUT2D eigenvalue weighted by atomic mass is 35.5. The van der Waals surface area contributed by atoms with Crippen LogP contribution in [0.5, 0.6) is 0 Å². The first-order chi connectivity index (χ1) is 20.2. The minimum Gasteiger partial charge on any atom is -0.312 e. The second-order valence-electron chi connectivity index (χ2n) is 9.22. The zero-order chi connectivity index (χ0) is 28.5. The van der Waals surface area contributed by atoms with Gasteiger partial charge in [-0.1, -0.05) is 84.4 Å². The highest BCUT2D eigenvalue weighted by molar-refractivity contribution is 7.99. The molecule has 0 aliphatic rings. The third-order valence-corrected chi connectivity index (χ3v) is 7.81. The summed E-state index contributed by atoms with van der Waals surface area (Å²) in [5.74, 6) is 1.61. The van der Waals surface area contributed by atoms with E-state index in [1.165, 1.54) is 22.3 Å². The van der Waals surface area contributed by atoms with Crippen molar-refractivity contribution in [2.75, 3.05) is 24.7 Å². The second kappa shape index (κ2) is 17.6. The van der Waals surface area contributed by atoms with E-state index in [0.29, 0.717) is 5.88 Å². The molecule has 0 saturated carbocycles. The van der Waals surface area contributed by atoms with E-state index in [2.05, 4.69) is 63.1 Å². The summed E-state index contributed by atoms with van der Waals surface area (Å²) in [6.07, 6.45) is 7.60. The van der Waals surface area contributed by atoms with Crippen LogP contribution < -0.4 is 10.6 Å². The van der Waals surface area contributed by atoms with Gasteiger partial charge in [-0.25, -0.2) is 0 Å². The molecule has 7 heteroatoms. The predicted molar refractivity (Wildman–Crippen MR) is 176 cm³/mol. The topological polar surface area (TPSA) is 49.8 Å². The van der Waals surface area contributed by atoms with Gasteiger partial charge in [-0.15, -0.1) is 23.4 Å². The molecule has 0 unspecified atom stereocenters. The number of halogens is 2. The molecule has 0 spiro atoms. The summed E-state index contributed by atoms with van der Waals surface area (Å²) in [5, 5.41) is 7.55. The summed E-state index contributed by atoms with van der Waals surface area (Å²) in [7, 11) is 0. The van der Waals surface area contributed by atoms with Crippen LogP contribution in [-0.2, 0) is 13.1 Å². The molecule has 0 aliphatic carbocycles. The van der Waals surface area contributed by atoms with E-state index < -0.39 is 0 Å². The van der Waals surface area contributed by atoms with Crippen LogP contribution in [0.2, 0.25) is 5.02 Å². The van der Waals surface area contributed by atoms with Gasteiger partial charge in [0.2, 0.25) is 0 Å². The van der Waals surface area contributed by atoms with Crippen LogP contribution in [0.1, 0.15) is 11.1 Å². The number of thioether (sulfide) groups is 1. The zero-order valence-electron chi connectivity index (χ0n) is 22.8. The molecule has 5 aromatic rings. The molecule has 4 nitrogen and oxygen atoms in total. The molecule has 2 N–H and O–H groups in total. The molecule has 0 atom stereocenters. The van der Waals surface area contributed by atoms with Crippen LogP contribution in [0.4, 0.5) is 0 Å². The number of rotatable bonds is 12. The Hall–Kier alpha value is -3.19. The summed E-state index contributed by atoms with van der Waals surface area (Å²) in [4.78, 5) is 9.76. The summed E-state index contributed by atoms with van der Waals surface area (Å²) >= 11 is 13.5. The number of hydrogen-bond donors (Lipinski definition) is 2. The number of alkyl halides is 1. The van der Waals surface area contributed by atoms with Crippen molar-refractivity contribution in [2.24, 2.45) is 0 Å². The fourth-order valence-electron chi connectivity index (χ4n) is 4.07. The normalized spacial score (nSPS) is 10.6. The Kier molecular flexibility index (Phi) is 13.2. The quantitative estimate of drug-likeness (QED) is 0.0855. The lowest BCUT2D eigenvalue weighted by molar-refractivity contribution is 0.728. The number of nitrogens with zero attached hydrogens (tertiary/aromatic N) is 2. The lowest BCUT2D eigenvalue weighted by atomic mass is 10.1. The van der Waals surface area contributed by atoms with E-state index in [1.54, 1.807) is 11.8 Å². The molecule has 0 aliphatic heterocycles. The fourth-order valence-corrected chi connectivity index (χ4v) is 5.35. The molecule has 5 rings (SSSR count). The van der Waals surface area contributed by atoms with Gasteiger partial charge in [0.25, 0.3) is 0 Å². The molecule has 2 aromatic heterocycles. The Morgan fingerprint density at radius 2 is 1.10 bits per heavy atom. The summed E-state index contributed by atoms with van der Waals surface area (Å²) < 4.78 is 0. The van der Waals surface area contributed by atoms with E-state index in [-0.39, 0.29) is 0 Å². The number of aromatic nitrogens is 2. The largest absolute Gasteiger partial charge is 0.312 e. The number of pyridine rings is 2. The highest BCUT2D eigenvalue weighted by Crippen LogP contribution is 2.26. The van der Waals surface area contributed by atoms with Crippen LogP contribution in [0, 0.1) is 0 Å². The van der Waals surface area contributed by atoms with Crippen molar-refractivity contribution in [3.8, 4) is 22.3 Å². The van der Waals surface area contributed by atoms with E-state index in [0.717, 1.165) is 53.0 Å². The fraction of sp³-hybridized carbons (Fsp3) is 0.176. The summed E-state index contributed by atoms with van der Waals surface area (Å²) in [6, 6.07) is 32.9. The van der Waals surface area contributed by atoms with Gasteiger partial charge >= 0.3 is 0 Å². The Balaban J connectivity index is 0.000000201. The monoisotopic (exact) mass is 600 g/mol. The van der Waals surface area contributed by atoms with Gasteiger partial charge in [0, 0.05) is 78.6 Å². The van der Waals surface area contributed by atoms with Crippen LogP contribution in [-0.4, -0.2) is 34.7 Å². The lowest BCUT2D eigenvalue weighted by Gasteiger charge is -2.07. The minimum atomic E-state index is 0.631. The van der Waals surface area contributed by atoms with Crippen LogP contribution >= 0.6 is 35.0 Å². The first-order valence-electron chi connectivity index (χ1n) is 13.6. The average Bonchev–Trinajstić information content (AvgIpc) is 3.03. The van der Waals surface area contributed by atoms with Gasteiger partial charge in [-0.05, 0) is 46.5 Å². The molecule has 0 saturated heterocycles. The van der Waals surface area contributed by atoms with Gasteiger partial charge in [0.15, 0.2) is 0 Å². The van der Waals surface area contributed by atoms with Crippen LogP contribution in [0.25, 0.3) is 22.3 Å². The minimum absolute atomic E-state index is 0.631. The molecular formula is C34H34Cl2N4S. The SMILES string of the molecule is ClCCNCc1cncc(-c2ccccc2)c1.Clc1ccccc1SCCNCc1cncc(-c2ccccc2)c1. The highest BCUT2D eigenvalue weighted by Gasteiger charge is 2.02. The van der Waals surface area contributed by atoms with Crippen molar-refractivity contribution in [2.45, 2.75) is 18.0 Å². The van der Waals surface area contributed by atoms with Crippen molar-refractivity contribution < 1.29 is 0 Å². The van der Waals surface area contributed by atoms with Gasteiger partial charge < -0.3 is 10.6 Å². The number of nitrogens with one attached hydrogen (secondary N) is 2. The molecule has 0 fully saturated rings. The Labute approximate surface area is 257 Å². The first-order valence-corrected chi connectivity index (χ1v) is 15.5. The molecule has 0 radical (unpaired) electrons.